The highest BCUT2D eigenvalue weighted by Gasteiger charge is 2.41. The van der Waals surface area contributed by atoms with Crippen LogP contribution in [0, 0.1) is 0 Å². The van der Waals surface area contributed by atoms with Crippen LogP contribution in [-0.4, -0.2) is 46.9 Å². The number of amides is 1. The molecule has 2 N–H and O–H groups in total. The molecule has 144 valence electrons. The van der Waals surface area contributed by atoms with Gasteiger partial charge in [-0.3, -0.25) is 9.59 Å². The molecule has 1 aliphatic heterocycles. The van der Waals surface area contributed by atoms with Gasteiger partial charge in [-0.25, -0.2) is 13.2 Å². The molecule has 1 atom stereocenters. The molecule has 1 aliphatic rings. The van der Waals surface area contributed by atoms with E-state index in [1.165, 1.54) is 23.9 Å². The standard InChI is InChI=1S/C16H17N3O7S/c1-18-8-2-4-10(15(18)21)17-14(20)11-5-3-9-19(11)27(24,25)13-7-6-12(26-13)16(22)23/h2,4,6-8,11H,3,5,9H2,1H3,(H,17,20)(H,22,23). The van der Waals surface area contributed by atoms with Crippen molar-refractivity contribution < 1.29 is 27.5 Å². The van der Waals surface area contributed by atoms with Crippen LogP contribution in [0.15, 0.2) is 44.8 Å². The number of nitrogens with one attached hydrogen (secondary N) is 1. The van der Waals surface area contributed by atoms with E-state index in [1.807, 2.05) is 0 Å². The average Bonchev–Trinajstić information content (AvgIpc) is 3.28. The van der Waals surface area contributed by atoms with Gasteiger partial charge in [-0.05, 0) is 37.1 Å². The molecule has 27 heavy (non-hydrogen) atoms. The lowest BCUT2D eigenvalue weighted by Gasteiger charge is -2.22. The second kappa shape index (κ2) is 7.00. The molecule has 11 heteroatoms. The Kier molecular flexibility index (Phi) is 4.89. The van der Waals surface area contributed by atoms with Crippen LogP contribution in [0.5, 0.6) is 0 Å². The number of aromatic nitrogens is 1. The molecule has 1 unspecified atom stereocenters. The van der Waals surface area contributed by atoms with Gasteiger partial charge in [0.15, 0.2) is 0 Å². The molecule has 10 nitrogen and oxygen atoms in total. The molecule has 0 radical (unpaired) electrons. The van der Waals surface area contributed by atoms with E-state index >= 15 is 0 Å². The number of pyridine rings is 1. The smallest absolute Gasteiger partial charge is 0.371 e. The quantitative estimate of drug-likeness (QED) is 0.750. The van der Waals surface area contributed by atoms with Crippen molar-refractivity contribution in [1.29, 1.82) is 0 Å². The normalized spacial score (nSPS) is 17.7. The summed E-state index contributed by atoms with van der Waals surface area (Å²) in [6.45, 7) is 0.0797. The van der Waals surface area contributed by atoms with Gasteiger partial charge in [-0.1, -0.05) is 0 Å². The lowest BCUT2D eigenvalue weighted by atomic mass is 10.2. The Morgan fingerprint density at radius 1 is 1.30 bits per heavy atom. The van der Waals surface area contributed by atoms with Crippen molar-refractivity contribution in [3.05, 3.63) is 46.6 Å². The van der Waals surface area contributed by atoms with Crippen molar-refractivity contribution in [2.75, 3.05) is 11.9 Å². The van der Waals surface area contributed by atoms with Crippen LogP contribution in [0.4, 0.5) is 5.69 Å². The minimum Gasteiger partial charge on any atom is -0.475 e. The number of hydrogen-bond acceptors (Lipinski definition) is 6. The third-order valence-electron chi connectivity index (χ3n) is 4.24. The number of anilines is 1. The van der Waals surface area contributed by atoms with E-state index in [2.05, 4.69) is 5.32 Å². The molecule has 3 rings (SSSR count). The van der Waals surface area contributed by atoms with E-state index in [-0.39, 0.29) is 18.7 Å². The van der Waals surface area contributed by atoms with Crippen LogP contribution >= 0.6 is 0 Å². The molecule has 2 aromatic heterocycles. The van der Waals surface area contributed by atoms with E-state index in [1.54, 1.807) is 6.07 Å². The molecule has 0 spiro atoms. The molecular formula is C16H17N3O7S. The Morgan fingerprint density at radius 2 is 2.04 bits per heavy atom. The van der Waals surface area contributed by atoms with Gasteiger partial charge in [0.05, 0.1) is 0 Å². The topological polar surface area (TPSA) is 139 Å². The lowest BCUT2D eigenvalue weighted by molar-refractivity contribution is -0.119. The number of carboxylic acid groups (broad SMARTS) is 1. The summed E-state index contributed by atoms with van der Waals surface area (Å²) < 4.78 is 32.6. The number of carbonyl (C=O) groups is 2. The second-order valence-corrected chi connectivity index (χ2v) is 7.85. The van der Waals surface area contributed by atoms with Gasteiger partial charge in [-0.2, -0.15) is 4.31 Å². The van der Waals surface area contributed by atoms with Gasteiger partial charge in [-0.15, -0.1) is 0 Å². The summed E-state index contributed by atoms with van der Waals surface area (Å²) in [6, 6.07) is 4.06. The van der Waals surface area contributed by atoms with E-state index in [9.17, 15) is 22.8 Å². The largest absolute Gasteiger partial charge is 0.475 e. The first-order valence-electron chi connectivity index (χ1n) is 8.03. The summed E-state index contributed by atoms with van der Waals surface area (Å²) in [5, 5.41) is 10.8. The monoisotopic (exact) mass is 395 g/mol. The second-order valence-electron chi connectivity index (χ2n) is 6.02. The van der Waals surface area contributed by atoms with Crippen LogP contribution in [0.1, 0.15) is 23.4 Å². The molecule has 3 heterocycles. The highest BCUT2D eigenvalue weighted by atomic mass is 32.2. The minimum absolute atomic E-state index is 0.0420. The number of carboxylic acids is 1. The number of sulfonamides is 1. The van der Waals surface area contributed by atoms with Gasteiger partial charge in [0.1, 0.15) is 11.7 Å². The van der Waals surface area contributed by atoms with E-state index in [0.717, 1.165) is 16.4 Å². The number of hydrogen-bond donors (Lipinski definition) is 2. The Balaban J connectivity index is 1.85. The molecule has 2 aromatic rings. The molecule has 0 aromatic carbocycles. The Labute approximate surface area is 154 Å². The van der Waals surface area contributed by atoms with Crippen LogP contribution in [0.25, 0.3) is 0 Å². The maximum atomic E-state index is 12.8. The average molecular weight is 395 g/mol. The maximum absolute atomic E-state index is 12.8. The maximum Gasteiger partial charge on any atom is 0.371 e. The fourth-order valence-electron chi connectivity index (χ4n) is 2.89. The molecule has 0 saturated carbocycles. The number of aryl methyl sites for hydroxylation is 1. The highest BCUT2D eigenvalue weighted by molar-refractivity contribution is 7.89. The third-order valence-corrected chi connectivity index (χ3v) is 6.03. The predicted molar refractivity (Wildman–Crippen MR) is 92.9 cm³/mol. The van der Waals surface area contributed by atoms with Crippen molar-refractivity contribution in [2.24, 2.45) is 7.05 Å². The van der Waals surface area contributed by atoms with Crippen molar-refractivity contribution in [3.8, 4) is 0 Å². The SMILES string of the molecule is Cn1cccc(NC(=O)C2CCCN2S(=O)(=O)c2ccc(C(=O)O)o2)c1=O. The summed E-state index contributed by atoms with van der Waals surface area (Å²) in [6.07, 6.45) is 2.24. The van der Waals surface area contributed by atoms with Crippen LogP contribution in [0.3, 0.4) is 0 Å². The van der Waals surface area contributed by atoms with Crippen molar-refractivity contribution in [3.63, 3.8) is 0 Å². The van der Waals surface area contributed by atoms with Gasteiger partial charge in [0.25, 0.3) is 15.6 Å². The zero-order valence-corrected chi connectivity index (χ0v) is 15.1. The van der Waals surface area contributed by atoms with Gasteiger partial charge >= 0.3 is 5.97 Å². The van der Waals surface area contributed by atoms with Crippen LogP contribution < -0.4 is 10.9 Å². The predicted octanol–water partition coefficient (Wildman–Crippen LogP) is 0.468. The van der Waals surface area contributed by atoms with Crippen molar-refractivity contribution in [1.82, 2.24) is 8.87 Å². The highest BCUT2D eigenvalue weighted by Crippen LogP contribution is 2.28. The number of carbonyl (C=O) groups excluding carboxylic acids is 1. The van der Waals surface area contributed by atoms with Gasteiger partial charge in [0.2, 0.25) is 16.8 Å². The molecule has 0 aliphatic carbocycles. The summed E-state index contributed by atoms with van der Waals surface area (Å²) in [5.41, 5.74) is -0.379. The molecule has 1 amide bonds. The fourth-order valence-corrected chi connectivity index (χ4v) is 4.46. The zero-order chi connectivity index (χ0) is 19.8. The van der Waals surface area contributed by atoms with Crippen molar-refractivity contribution >= 4 is 27.6 Å². The van der Waals surface area contributed by atoms with E-state index in [4.69, 9.17) is 9.52 Å². The zero-order valence-electron chi connectivity index (χ0n) is 14.3. The van der Waals surface area contributed by atoms with Crippen molar-refractivity contribution in [2.45, 2.75) is 24.0 Å². The number of aromatic carboxylic acids is 1. The lowest BCUT2D eigenvalue weighted by Crippen LogP contribution is -2.43. The fraction of sp³-hybridized carbons (Fsp3) is 0.312. The van der Waals surface area contributed by atoms with Crippen LogP contribution in [0.2, 0.25) is 0 Å². The van der Waals surface area contributed by atoms with Gasteiger partial charge in [0, 0.05) is 19.8 Å². The van der Waals surface area contributed by atoms with E-state index < -0.39 is 44.4 Å². The molecule has 1 saturated heterocycles. The molecular weight excluding hydrogens is 378 g/mol. The molecule has 0 bridgehead atoms. The Morgan fingerprint density at radius 3 is 2.70 bits per heavy atom. The first-order valence-corrected chi connectivity index (χ1v) is 9.47. The van der Waals surface area contributed by atoms with Crippen LogP contribution in [-0.2, 0) is 21.9 Å². The number of nitrogens with zero attached hydrogens (tertiary/aromatic N) is 2. The van der Waals surface area contributed by atoms with Gasteiger partial charge < -0.3 is 19.4 Å². The summed E-state index contributed by atoms with van der Waals surface area (Å²) in [4.78, 5) is 35.5. The van der Waals surface area contributed by atoms with E-state index in [0.29, 0.717) is 6.42 Å². The minimum atomic E-state index is -4.20. The molecule has 1 fully saturated rings. The Hall–Kier alpha value is -2.92. The third kappa shape index (κ3) is 3.51. The number of furan rings is 1. The number of rotatable bonds is 5. The first-order chi connectivity index (χ1) is 12.7. The summed E-state index contributed by atoms with van der Waals surface area (Å²) >= 11 is 0. The summed E-state index contributed by atoms with van der Waals surface area (Å²) in [7, 11) is -2.67. The Bertz CT molecular complexity index is 1050. The first kappa shape index (κ1) is 18.9. The summed E-state index contributed by atoms with van der Waals surface area (Å²) in [5.74, 6) is -2.54.